The summed E-state index contributed by atoms with van der Waals surface area (Å²) >= 11 is 6.06. The van der Waals surface area contributed by atoms with E-state index in [2.05, 4.69) is 5.32 Å². The minimum atomic E-state index is -3.61. The highest BCUT2D eigenvalue weighted by molar-refractivity contribution is 7.89. The Morgan fingerprint density at radius 3 is 2.52 bits per heavy atom. The molecule has 2 saturated heterocycles. The van der Waals surface area contributed by atoms with Gasteiger partial charge in [-0.3, -0.25) is 0 Å². The van der Waals surface area contributed by atoms with Crippen LogP contribution in [-0.4, -0.2) is 37.9 Å². The standard InChI is InChI=1S/C14H16ClN3O2S/c15-13-6-10(7-16)4-5-14(13)21(19,20)18-8-11-2-1-3-12(9-18)17-11/h4-6,11-12,17H,1-3,8-9H2. The number of hydrogen-bond donors (Lipinski definition) is 1. The van der Waals surface area contributed by atoms with Crippen LogP contribution in [0.25, 0.3) is 0 Å². The van der Waals surface area contributed by atoms with Gasteiger partial charge in [0.1, 0.15) is 4.90 Å². The number of rotatable bonds is 2. The Balaban J connectivity index is 1.92. The van der Waals surface area contributed by atoms with Crippen molar-refractivity contribution in [1.29, 1.82) is 5.26 Å². The number of halogens is 1. The predicted octanol–water partition coefficient (Wildman–Crippen LogP) is 1.73. The molecule has 2 unspecified atom stereocenters. The molecule has 2 bridgehead atoms. The number of piperidine rings is 1. The number of nitrogens with one attached hydrogen (secondary N) is 1. The molecule has 3 rings (SSSR count). The number of piperazine rings is 1. The second kappa shape index (κ2) is 5.58. The van der Waals surface area contributed by atoms with Gasteiger partial charge in [0, 0.05) is 25.2 Å². The van der Waals surface area contributed by atoms with E-state index in [-0.39, 0.29) is 22.0 Å². The van der Waals surface area contributed by atoms with Crippen molar-refractivity contribution in [1.82, 2.24) is 9.62 Å². The molecule has 0 saturated carbocycles. The Morgan fingerprint density at radius 1 is 1.29 bits per heavy atom. The molecule has 2 atom stereocenters. The highest BCUT2D eigenvalue weighted by Crippen LogP contribution is 2.29. The first kappa shape index (κ1) is 14.8. The Labute approximate surface area is 129 Å². The minimum Gasteiger partial charge on any atom is -0.309 e. The third kappa shape index (κ3) is 2.79. The van der Waals surface area contributed by atoms with Gasteiger partial charge in [-0.05, 0) is 31.0 Å². The number of nitrogens with zero attached hydrogens (tertiary/aromatic N) is 2. The quantitative estimate of drug-likeness (QED) is 0.898. The number of benzene rings is 1. The second-order valence-electron chi connectivity index (χ2n) is 5.57. The summed E-state index contributed by atoms with van der Waals surface area (Å²) in [7, 11) is -3.61. The van der Waals surface area contributed by atoms with Gasteiger partial charge in [-0.1, -0.05) is 18.0 Å². The normalized spacial score (nSPS) is 26.3. The van der Waals surface area contributed by atoms with Crippen LogP contribution in [0, 0.1) is 11.3 Å². The van der Waals surface area contributed by atoms with E-state index in [0.717, 1.165) is 19.3 Å². The summed E-state index contributed by atoms with van der Waals surface area (Å²) in [5.74, 6) is 0. The van der Waals surface area contributed by atoms with Crippen molar-refractivity contribution in [3.63, 3.8) is 0 Å². The van der Waals surface area contributed by atoms with Gasteiger partial charge in [0.05, 0.1) is 16.7 Å². The lowest BCUT2D eigenvalue weighted by atomic mass is 9.96. The lowest BCUT2D eigenvalue weighted by Crippen LogP contribution is -2.59. The monoisotopic (exact) mass is 325 g/mol. The molecule has 2 aliphatic rings. The Bertz CT molecular complexity index is 687. The van der Waals surface area contributed by atoms with Gasteiger partial charge in [0.25, 0.3) is 0 Å². The largest absolute Gasteiger partial charge is 0.309 e. The lowest BCUT2D eigenvalue weighted by Gasteiger charge is -2.41. The van der Waals surface area contributed by atoms with E-state index in [9.17, 15) is 8.42 Å². The van der Waals surface area contributed by atoms with Crippen LogP contribution in [0.4, 0.5) is 0 Å². The zero-order chi connectivity index (χ0) is 15.0. The van der Waals surface area contributed by atoms with E-state index in [1.54, 1.807) is 0 Å². The highest BCUT2D eigenvalue weighted by atomic mass is 35.5. The van der Waals surface area contributed by atoms with Gasteiger partial charge in [-0.15, -0.1) is 0 Å². The summed E-state index contributed by atoms with van der Waals surface area (Å²) in [4.78, 5) is 0.0862. The maximum absolute atomic E-state index is 12.8. The number of fused-ring (bicyclic) bond motifs is 2. The topological polar surface area (TPSA) is 73.2 Å². The Kier molecular flexibility index (Phi) is 3.93. The molecule has 2 fully saturated rings. The molecule has 1 aromatic carbocycles. The van der Waals surface area contributed by atoms with Crippen LogP contribution in [-0.2, 0) is 10.0 Å². The van der Waals surface area contributed by atoms with Crippen molar-refractivity contribution >= 4 is 21.6 Å². The fourth-order valence-corrected chi connectivity index (χ4v) is 5.13. The molecule has 0 radical (unpaired) electrons. The molecule has 1 aromatic rings. The van der Waals surface area contributed by atoms with Gasteiger partial charge >= 0.3 is 0 Å². The fraction of sp³-hybridized carbons (Fsp3) is 0.500. The summed E-state index contributed by atoms with van der Waals surface area (Å²) in [6.45, 7) is 0.963. The first-order chi connectivity index (χ1) is 10.0. The Morgan fingerprint density at radius 2 is 1.95 bits per heavy atom. The predicted molar refractivity (Wildman–Crippen MR) is 79.5 cm³/mol. The molecule has 5 nitrogen and oxygen atoms in total. The molecule has 7 heteroatoms. The second-order valence-corrected chi connectivity index (χ2v) is 7.88. The molecule has 0 aromatic heterocycles. The maximum Gasteiger partial charge on any atom is 0.244 e. The molecule has 21 heavy (non-hydrogen) atoms. The van der Waals surface area contributed by atoms with E-state index >= 15 is 0 Å². The van der Waals surface area contributed by atoms with Gasteiger partial charge in [0.2, 0.25) is 10.0 Å². The van der Waals surface area contributed by atoms with Gasteiger partial charge < -0.3 is 5.32 Å². The van der Waals surface area contributed by atoms with Crippen molar-refractivity contribution in [3.8, 4) is 6.07 Å². The van der Waals surface area contributed by atoms with Crippen LogP contribution in [0.2, 0.25) is 5.02 Å². The zero-order valence-corrected chi connectivity index (χ0v) is 13.0. The molecule has 112 valence electrons. The molecule has 2 heterocycles. The van der Waals surface area contributed by atoms with Crippen molar-refractivity contribution in [2.45, 2.75) is 36.2 Å². The summed E-state index contributed by atoms with van der Waals surface area (Å²) in [6, 6.07) is 6.72. The van der Waals surface area contributed by atoms with E-state index in [0.29, 0.717) is 18.7 Å². The first-order valence-corrected chi connectivity index (χ1v) is 8.78. The summed E-state index contributed by atoms with van der Waals surface area (Å²) in [5.41, 5.74) is 0.358. The van der Waals surface area contributed by atoms with E-state index in [1.807, 2.05) is 6.07 Å². The van der Waals surface area contributed by atoms with Crippen LogP contribution in [0.15, 0.2) is 23.1 Å². The molecular weight excluding hydrogens is 310 g/mol. The smallest absolute Gasteiger partial charge is 0.244 e. The van der Waals surface area contributed by atoms with Crippen LogP contribution < -0.4 is 5.32 Å². The van der Waals surface area contributed by atoms with Crippen LogP contribution in [0.3, 0.4) is 0 Å². The number of nitriles is 1. The number of sulfonamides is 1. The average molecular weight is 326 g/mol. The van der Waals surface area contributed by atoms with Gasteiger partial charge in [0.15, 0.2) is 0 Å². The lowest BCUT2D eigenvalue weighted by molar-refractivity contribution is 0.190. The van der Waals surface area contributed by atoms with Gasteiger partial charge in [-0.2, -0.15) is 9.57 Å². The van der Waals surface area contributed by atoms with E-state index in [4.69, 9.17) is 16.9 Å². The van der Waals surface area contributed by atoms with Gasteiger partial charge in [-0.25, -0.2) is 8.42 Å². The average Bonchev–Trinajstić information content (AvgIpc) is 2.46. The highest BCUT2D eigenvalue weighted by Gasteiger charge is 2.37. The maximum atomic E-state index is 12.8. The van der Waals surface area contributed by atoms with Crippen molar-refractivity contribution < 1.29 is 8.42 Å². The molecule has 2 aliphatic heterocycles. The van der Waals surface area contributed by atoms with Crippen LogP contribution >= 0.6 is 11.6 Å². The molecule has 0 amide bonds. The SMILES string of the molecule is N#Cc1ccc(S(=O)(=O)N2CC3CCCC(C2)N3)c(Cl)c1. The van der Waals surface area contributed by atoms with Crippen LogP contribution in [0.5, 0.6) is 0 Å². The molecule has 0 aliphatic carbocycles. The summed E-state index contributed by atoms with van der Waals surface area (Å²) in [6.07, 6.45) is 3.15. The van der Waals surface area contributed by atoms with Crippen molar-refractivity contribution in [2.24, 2.45) is 0 Å². The molecular formula is C14H16ClN3O2S. The Hall–Kier alpha value is -1.13. The molecule has 1 N–H and O–H groups in total. The minimum absolute atomic E-state index is 0.0862. The van der Waals surface area contributed by atoms with Crippen molar-refractivity contribution in [2.75, 3.05) is 13.1 Å². The van der Waals surface area contributed by atoms with E-state index < -0.39 is 10.0 Å². The third-order valence-electron chi connectivity index (χ3n) is 4.10. The number of hydrogen-bond acceptors (Lipinski definition) is 4. The molecule has 0 spiro atoms. The zero-order valence-electron chi connectivity index (χ0n) is 11.4. The summed E-state index contributed by atoms with van der Waals surface area (Å²) < 4.78 is 27.1. The summed E-state index contributed by atoms with van der Waals surface area (Å²) in [5, 5.41) is 12.4. The first-order valence-electron chi connectivity index (χ1n) is 6.96. The van der Waals surface area contributed by atoms with Crippen LogP contribution in [0.1, 0.15) is 24.8 Å². The van der Waals surface area contributed by atoms with Crippen molar-refractivity contribution in [3.05, 3.63) is 28.8 Å². The third-order valence-corrected chi connectivity index (χ3v) is 6.42. The fourth-order valence-electron chi connectivity index (χ4n) is 3.08. The van der Waals surface area contributed by atoms with E-state index in [1.165, 1.54) is 22.5 Å².